The summed E-state index contributed by atoms with van der Waals surface area (Å²) in [5.41, 5.74) is 5.44. The molecule has 1 saturated heterocycles. The van der Waals surface area contributed by atoms with Gasteiger partial charge >= 0.3 is 0 Å². The van der Waals surface area contributed by atoms with Gasteiger partial charge in [0.05, 0.1) is 24.0 Å². The Morgan fingerprint density at radius 3 is 2.67 bits per heavy atom. The Morgan fingerprint density at radius 1 is 1.44 bits per heavy atom. The molecule has 0 aliphatic carbocycles. The highest BCUT2D eigenvalue weighted by molar-refractivity contribution is 7.91. The number of nitrogens with zero attached hydrogens (tertiary/aromatic N) is 1. The summed E-state index contributed by atoms with van der Waals surface area (Å²) in [6, 6.07) is 0. The molecule has 0 radical (unpaired) electrons. The van der Waals surface area contributed by atoms with E-state index in [1.807, 2.05) is 0 Å². The average molecular weight is 278 g/mol. The van der Waals surface area contributed by atoms with Crippen molar-refractivity contribution in [2.75, 3.05) is 44.9 Å². The van der Waals surface area contributed by atoms with Gasteiger partial charge in [-0.15, -0.1) is 0 Å². The van der Waals surface area contributed by atoms with E-state index < -0.39 is 9.84 Å². The van der Waals surface area contributed by atoms with E-state index in [-0.39, 0.29) is 23.3 Å². The SMILES string of the molecule is COCCN(CCCN)C(=O)C1CCS(=O)(=O)C1. The second kappa shape index (κ2) is 7.06. The summed E-state index contributed by atoms with van der Waals surface area (Å²) in [4.78, 5) is 13.9. The normalized spacial score (nSPS) is 22.0. The molecule has 1 unspecified atom stereocenters. The molecule has 1 amide bonds. The number of sulfone groups is 1. The van der Waals surface area contributed by atoms with Gasteiger partial charge in [0.2, 0.25) is 5.91 Å². The monoisotopic (exact) mass is 278 g/mol. The molecule has 0 aromatic heterocycles. The van der Waals surface area contributed by atoms with Gasteiger partial charge in [-0.2, -0.15) is 0 Å². The van der Waals surface area contributed by atoms with Crippen LogP contribution in [0.5, 0.6) is 0 Å². The first-order valence-corrected chi connectivity index (χ1v) is 8.00. The summed E-state index contributed by atoms with van der Waals surface area (Å²) in [5.74, 6) is -0.359. The first-order valence-electron chi connectivity index (χ1n) is 6.18. The summed E-state index contributed by atoms with van der Waals surface area (Å²) < 4.78 is 27.7. The van der Waals surface area contributed by atoms with Crippen LogP contribution in [0.3, 0.4) is 0 Å². The molecule has 6 nitrogen and oxygen atoms in total. The van der Waals surface area contributed by atoms with Crippen molar-refractivity contribution in [2.24, 2.45) is 11.7 Å². The minimum absolute atomic E-state index is 0.0159. The van der Waals surface area contributed by atoms with Crippen molar-refractivity contribution >= 4 is 15.7 Å². The lowest BCUT2D eigenvalue weighted by atomic mass is 10.1. The molecule has 1 fully saturated rings. The molecule has 0 saturated carbocycles. The Morgan fingerprint density at radius 2 is 2.17 bits per heavy atom. The lowest BCUT2D eigenvalue weighted by Crippen LogP contribution is -2.40. The molecule has 1 rings (SSSR count). The summed E-state index contributed by atoms with van der Waals surface area (Å²) in [6.07, 6.45) is 1.15. The highest BCUT2D eigenvalue weighted by Gasteiger charge is 2.35. The van der Waals surface area contributed by atoms with Gasteiger partial charge in [0.15, 0.2) is 9.84 Å². The van der Waals surface area contributed by atoms with Crippen molar-refractivity contribution in [3.05, 3.63) is 0 Å². The molecule has 0 aromatic carbocycles. The molecular formula is C11H22N2O4S. The van der Waals surface area contributed by atoms with Gasteiger partial charge in [-0.3, -0.25) is 4.79 Å². The second-order valence-electron chi connectivity index (χ2n) is 4.56. The van der Waals surface area contributed by atoms with E-state index in [9.17, 15) is 13.2 Å². The van der Waals surface area contributed by atoms with E-state index in [1.54, 1.807) is 12.0 Å². The number of rotatable bonds is 7. The van der Waals surface area contributed by atoms with Crippen LogP contribution in [0.4, 0.5) is 0 Å². The fraction of sp³-hybridized carbons (Fsp3) is 0.909. The number of carbonyl (C=O) groups excluding carboxylic acids is 1. The van der Waals surface area contributed by atoms with Crippen LogP contribution >= 0.6 is 0 Å². The second-order valence-corrected chi connectivity index (χ2v) is 6.79. The maximum Gasteiger partial charge on any atom is 0.226 e. The molecule has 1 aliphatic rings. The number of nitrogens with two attached hydrogens (primary N) is 1. The van der Waals surface area contributed by atoms with Crippen molar-refractivity contribution in [1.82, 2.24) is 4.90 Å². The lowest BCUT2D eigenvalue weighted by molar-refractivity contribution is -0.135. The van der Waals surface area contributed by atoms with Crippen molar-refractivity contribution in [3.63, 3.8) is 0 Å². The van der Waals surface area contributed by atoms with Gasteiger partial charge in [0.1, 0.15) is 0 Å². The van der Waals surface area contributed by atoms with E-state index in [0.717, 1.165) is 6.42 Å². The third-order valence-corrected chi connectivity index (χ3v) is 4.86. The Kier molecular flexibility index (Phi) is 6.04. The van der Waals surface area contributed by atoms with Gasteiger partial charge in [-0.25, -0.2) is 8.42 Å². The number of amides is 1. The predicted octanol–water partition coefficient (Wildman–Crippen LogP) is -0.755. The molecule has 1 atom stereocenters. The maximum absolute atomic E-state index is 12.2. The van der Waals surface area contributed by atoms with E-state index in [2.05, 4.69) is 0 Å². The molecule has 7 heteroatoms. The van der Waals surface area contributed by atoms with Crippen LogP contribution in [0.25, 0.3) is 0 Å². The fourth-order valence-corrected chi connectivity index (χ4v) is 3.80. The Hall–Kier alpha value is -0.660. The third-order valence-electron chi connectivity index (χ3n) is 3.09. The van der Waals surface area contributed by atoms with Gasteiger partial charge < -0.3 is 15.4 Å². The fourth-order valence-electron chi connectivity index (χ4n) is 2.06. The maximum atomic E-state index is 12.2. The highest BCUT2D eigenvalue weighted by Crippen LogP contribution is 2.20. The standard InChI is InChI=1S/C11H22N2O4S/c1-17-7-6-13(5-2-4-12)11(14)10-3-8-18(15,16)9-10/h10H,2-9,12H2,1H3. The van der Waals surface area contributed by atoms with Crippen LogP contribution < -0.4 is 5.73 Å². The van der Waals surface area contributed by atoms with Gasteiger partial charge in [0, 0.05) is 20.2 Å². The van der Waals surface area contributed by atoms with Gasteiger partial charge in [0.25, 0.3) is 0 Å². The largest absolute Gasteiger partial charge is 0.383 e. The molecule has 18 heavy (non-hydrogen) atoms. The van der Waals surface area contributed by atoms with Crippen LogP contribution in [-0.4, -0.2) is 64.1 Å². The number of carbonyl (C=O) groups is 1. The van der Waals surface area contributed by atoms with E-state index in [0.29, 0.717) is 32.7 Å². The highest BCUT2D eigenvalue weighted by atomic mass is 32.2. The van der Waals surface area contributed by atoms with Crippen LogP contribution in [0, 0.1) is 5.92 Å². The molecular weight excluding hydrogens is 256 g/mol. The average Bonchev–Trinajstić information content (AvgIpc) is 2.69. The van der Waals surface area contributed by atoms with Gasteiger partial charge in [-0.05, 0) is 19.4 Å². The molecule has 0 bridgehead atoms. The smallest absolute Gasteiger partial charge is 0.226 e. The van der Waals surface area contributed by atoms with E-state index >= 15 is 0 Å². The topological polar surface area (TPSA) is 89.7 Å². The lowest BCUT2D eigenvalue weighted by Gasteiger charge is -2.24. The molecule has 1 aliphatic heterocycles. The van der Waals surface area contributed by atoms with E-state index in [4.69, 9.17) is 10.5 Å². The van der Waals surface area contributed by atoms with Gasteiger partial charge in [-0.1, -0.05) is 0 Å². The summed E-state index contributed by atoms with van der Waals surface area (Å²) in [7, 11) is -1.44. The van der Waals surface area contributed by atoms with Crippen LogP contribution in [0.1, 0.15) is 12.8 Å². The molecule has 106 valence electrons. The van der Waals surface area contributed by atoms with Crippen LogP contribution in [0.15, 0.2) is 0 Å². The third kappa shape index (κ3) is 4.55. The Balaban J connectivity index is 2.58. The minimum Gasteiger partial charge on any atom is -0.383 e. The molecule has 2 N–H and O–H groups in total. The molecule has 0 aromatic rings. The number of ether oxygens (including phenoxy) is 1. The zero-order chi connectivity index (χ0) is 13.6. The molecule has 1 heterocycles. The van der Waals surface area contributed by atoms with Crippen LogP contribution in [0.2, 0.25) is 0 Å². The number of hydrogen-bond donors (Lipinski definition) is 1. The Labute approximate surface area is 108 Å². The summed E-state index contributed by atoms with van der Waals surface area (Å²) in [5, 5.41) is 0. The summed E-state index contributed by atoms with van der Waals surface area (Å²) in [6.45, 7) is 2.02. The van der Waals surface area contributed by atoms with Crippen molar-refractivity contribution < 1.29 is 17.9 Å². The first-order chi connectivity index (χ1) is 8.50. The zero-order valence-electron chi connectivity index (χ0n) is 10.8. The summed E-state index contributed by atoms with van der Waals surface area (Å²) >= 11 is 0. The number of hydrogen-bond acceptors (Lipinski definition) is 5. The van der Waals surface area contributed by atoms with Crippen molar-refractivity contribution in [1.29, 1.82) is 0 Å². The quantitative estimate of drug-likeness (QED) is 0.661. The van der Waals surface area contributed by atoms with Crippen molar-refractivity contribution in [3.8, 4) is 0 Å². The first kappa shape index (κ1) is 15.4. The zero-order valence-corrected chi connectivity index (χ0v) is 11.6. The Bertz CT molecular complexity index is 361. The van der Waals surface area contributed by atoms with Crippen LogP contribution in [-0.2, 0) is 19.4 Å². The predicted molar refractivity (Wildman–Crippen MR) is 68.9 cm³/mol. The molecule has 0 spiro atoms. The van der Waals surface area contributed by atoms with E-state index in [1.165, 1.54) is 0 Å². The van der Waals surface area contributed by atoms with Crippen molar-refractivity contribution in [2.45, 2.75) is 12.8 Å². The number of methoxy groups -OCH3 is 1. The minimum atomic E-state index is -3.02.